The van der Waals surface area contributed by atoms with Gasteiger partial charge in [0.05, 0.1) is 29.8 Å². The molecule has 0 bridgehead atoms. The van der Waals surface area contributed by atoms with Crippen LogP contribution in [0.15, 0.2) is 164 Å². The Balaban J connectivity index is 1.38. The number of aromatic nitrogens is 1. The normalized spacial score (nSPS) is 20.2. The number of benzene rings is 4. The van der Waals surface area contributed by atoms with Crippen LogP contribution < -0.4 is 0 Å². The van der Waals surface area contributed by atoms with E-state index in [2.05, 4.69) is 150 Å². The zero-order chi connectivity index (χ0) is 29.3. The third-order valence-corrected chi connectivity index (χ3v) is 12.9. The Morgan fingerprint density at radius 3 is 2.25 bits per heavy atom. The molecule has 4 heteroatoms. The van der Waals surface area contributed by atoms with E-state index in [1.54, 1.807) is 0 Å². The molecule has 5 aromatic rings. The average molecular weight is 590 g/mol. The van der Waals surface area contributed by atoms with E-state index in [4.69, 9.17) is 9.98 Å². The van der Waals surface area contributed by atoms with Gasteiger partial charge >= 0.3 is 0 Å². The molecule has 0 saturated carbocycles. The lowest BCUT2D eigenvalue weighted by molar-refractivity contribution is 0.740. The maximum atomic E-state index is 5.42. The molecule has 1 aromatic heterocycles. The molecule has 3 aliphatic rings. The molecular formula is C40H35N3S. The summed E-state index contributed by atoms with van der Waals surface area (Å²) in [5, 5.41) is 3.66. The molecule has 216 valence electrons. The zero-order valence-electron chi connectivity index (χ0n) is 24.7. The number of aliphatic imine (C=N–C) groups is 2. The van der Waals surface area contributed by atoms with E-state index >= 15 is 0 Å². The summed E-state index contributed by atoms with van der Waals surface area (Å²) in [4.78, 5) is 14.7. The van der Waals surface area contributed by atoms with Crippen LogP contribution in [0.4, 0.5) is 0 Å². The van der Waals surface area contributed by atoms with Gasteiger partial charge in [0, 0.05) is 26.3 Å². The second-order valence-electron chi connectivity index (χ2n) is 11.5. The molecule has 0 N–H and O–H groups in total. The molecule has 44 heavy (non-hydrogen) atoms. The first-order valence-electron chi connectivity index (χ1n) is 15.6. The van der Waals surface area contributed by atoms with Gasteiger partial charge in [-0.25, -0.2) is 0 Å². The predicted molar refractivity (Wildman–Crippen MR) is 189 cm³/mol. The standard InChI is InChI=1S/C40H35N3S/c1-5-15-30(16-6-1)37-28-42-40(29-41-37)44(32-19-9-3-10-20-32,33-21-11-4-12-22-33)34-25-26-39-36(27-34)35-23-13-14-24-38(35)43(39)31-17-7-2-8-18-31/h1,3-7,9-11,13-21,23-27,29,37H,2,8,12,22,28H2. The largest absolute Gasteiger partial charge is 0.310 e. The molecule has 0 radical (unpaired) electrons. The summed E-state index contributed by atoms with van der Waals surface area (Å²) in [5.74, 6) is 0. The number of para-hydroxylation sites is 1. The quantitative estimate of drug-likeness (QED) is 0.195. The van der Waals surface area contributed by atoms with Crippen molar-refractivity contribution in [1.82, 2.24) is 4.57 Å². The van der Waals surface area contributed by atoms with E-state index < -0.39 is 10.0 Å². The van der Waals surface area contributed by atoms with E-state index in [0.29, 0.717) is 6.54 Å². The lowest BCUT2D eigenvalue weighted by atomic mass is 10.1. The summed E-state index contributed by atoms with van der Waals surface area (Å²) >= 11 is 0. The van der Waals surface area contributed by atoms with Gasteiger partial charge in [-0.15, -0.1) is 10.0 Å². The van der Waals surface area contributed by atoms with Gasteiger partial charge in [0.15, 0.2) is 0 Å². The molecule has 0 fully saturated rings. The number of nitrogens with zero attached hydrogens (tertiary/aromatic N) is 3. The maximum absolute atomic E-state index is 5.42. The Kier molecular flexibility index (Phi) is 7.00. The number of hydrogen-bond donors (Lipinski definition) is 0. The van der Waals surface area contributed by atoms with Crippen LogP contribution in [0.5, 0.6) is 0 Å². The lowest BCUT2D eigenvalue weighted by Gasteiger charge is -2.44. The molecule has 0 spiro atoms. The monoisotopic (exact) mass is 589 g/mol. The fourth-order valence-electron chi connectivity index (χ4n) is 6.92. The Morgan fingerprint density at radius 1 is 0.705 bits per heavy atom. The molecule has 4 aromatic carbocycles. The van der Waals surface area contributed by atoms with Crippen LogP contribution >= 0.6 is 10.0 Å². The van der Waals surface area contributed by atoms with Crippen molar-refractivity contribution >= 4 is 48.8 Å². The number of hydrogen-bond acceptors (Lipinski definition) is 2. The Labute approximate surface area is 260 Å². The van der Waals surface area contributed by atoms with Crippen molar-refractivity contribution in [3.05, 3.63) is 150 Å². The van der Waals surface area contributed by atoms with Gasteiger partial charge < -0.3 is 4.57 Å². The van der Waals surface area contributed by atoms with Crippen LogP contribution in [0.2, 0.25) is 0 Å². The van der Waals surface area contributed by atoms with Crippen molar-refractivity contribution in [2.24, 2.45) is 9.98 Å². The van der Waals surface area contributed by atoms with Crippen LogP contribution in [0.1, 0.15) is 37.3 Å². The Hall–Kier alpha value is -4.67. The minimum atomic E-state index is -1.87. The topological polar surface area (TPSA) is 29.6 Å². The van der Waals surface area contributed by atoms with Gasteiger partial charge in [0.2, 0.25) is 0 Å². The summed E-state index contributed by atoms with van der Waals surface area (Å²) in [6.07, 6.45) is 20.1. The Morgan fingerprint density at radius 2 is 1.50 bits per heavy atom. The number of fused-ring (bicyclic) bond motifs is 3. The van der Waals surface area contributed by atoms with Crippen molar-refractivity contribution in [1.29, 1.82) is 0 Å². The highest BCUT2D eigenvalue weighted by molar-refractivity contribution is 8.49. The summed E-state index contributed by atoms with van der Waals surface area (Å²) in [7, 11) is -1.87. The average Bonchev–Trinajstić information content (AvgIpc) is 3.44. The molecule has 2 heterocycles. The third-order valence-electron chi connectivity index (χ3n) is 8.98. The predicted octanol–water partition coefficient (Wildman–Crippen LogP) is 10.7. The molecule has 3 nitrogen and oxygen atoms in total. The van der Waals surface area contributed by atoms with E-state index in [-0.39, 0.29) is 6.04 Å². The van der Waals surface area contributed by atoms with Crippen molar-refractivity contribution in [3.8, 4) is 0 Å². The summed E-state index contributed by atoms with van der Waals surface area (Å²) < 4.78 is 2.44. The summed E-state index contributed by atoms with van der Waals surface area (Å²) in [6.45, 7) is 0.655. The van der Waals surface area contributed by atoms with Crippen LogP contribution in [-0.2, 0) is 0 Å². The van der Waals surface area contributed by atoms with Gasteiger partial charge in [0.25, 0.3) is 0 Å². The van der Waals surface area contributed by atoms with E-state index in [0.717, 1.165) is 30.7 Å². The zero-order valence-corrected chi connectivity index (χ0v) is 25.5. The smallest absolute Gasteiger partial charge is 0.103 e. The highest BCUT2D eigenvalue weighted by Gasteiger charge is 2.39. The first-order chi connectivity index (χ1) is 21.8. The van der Waals surface area contributed by atoms with Crippen LogP contribution in [0.25, 0.3) is 27.5 Å². The van der Waals surface area contributed by atoms with Gasteiger partial charge in [-0.2, -0.15) is 0 Å². The second kappa shape index (κ2) is 11.4. The first-order valence-corrected chi connectivity index (χ1v) is 17.2. The SMILES string of the molecule is C1=CCCC(S(C2=NCC(c3ccccc3)N=C2)(c2ccccc2)c2ccc3c(c2)c2ccccc2n3C2=CCCC=C2)=C1. The van der Waals surface area contributed by atoms with Crippen molar-refractivity contribution in [3.63, 3.8) is 0 Å². The van der Waals surface area contributed by atoms with E-state index in [1.165, 1.54) is 47.8 Å². The van der Waals surface area contributed by atoms with Crippen molar-refractivity contribution in [2.45, 2.75) is 41.5 Å². The summed E-state index contributed by atoms with van der Waals surface area (Å²) in [6, 6.07) is 37.8. The molecule has 2 unspecified atom stereocenters. The second-order valence-corrected chi connectivity index (χ2v) is 14.7. The molecular weight excluding hydrogens is 555 g/mol. The highest BCUT2D eigenvalue weighted by Crippen LogP contribution is 2.70. The first kappa shape index (κ1) is 26.9. The molecule has 8 rings (SSSR count). The van der Waals surface area contributed by atoms with Crippen LogP contribution in [0.3, 0.4) is 0 Å². The molecule has 0 amide bonds. The maximum Gasteiger partial charge on any atom is 0.103 e. The minimum Gasteiger partial charge on any atom is -0.310 e. The summed E-state index contributed by atoms with van der Waals surface area (Å²) in [5.41, 5.74) is 4.97. The van der Waals surface area contributed by atoms with E-state index in [1.807, 2.05) is 0 Å². The van der Waals surface area contributed by atoms with Gasteiger partial charge in [-0.3, -0.25) is 9.98 Å². The Bertz CT molecular complexity index is 2040. The van der Waals surface area contributed by atoms with Gasteiger partial charge in [-0.1, -0.05) is 97.1 Å². The molecule has 2 aliphatic carbocycles. The molecule has 1 aliphatic heterocycles. The van der Waals surface area contributed by atoms with Gasteiger partial charge in [0.1, 0.15) is 5.04 Å². The van der Waals surface area contributed by atoms with Crippen molar-refractivity contribution < 1.29 is 0 Å². The third kappa shape index (κ3) is 4.44. The molecule has 2 atom stereocenters. The highest BCUT2D eigenvalue weighted by atomic mass is 32.3. The van der Waals surface area contributed by atoms with Crippen LogP contribution in [0, 0.1) is 0 Å². The molecule has 0 saturated heterocycles. The van der Waals surface area contributed by atoms with Gasteiger partial charge in [-0.05, 0) is 78.6 Å². The van der Waals surface area contributed by atoms with Crippen molar-refractivity contribution in [2.75, 3.05) is 6.54 Å². The fraction of sp³-hybridized carbons (Fsp3) is 0.150. The van der Waals surface area contributed by atoms with Crippen LogP contribution in [-0.4, -0.2) is 22.4 Å². The number of allylic oxidation sites excluding steroid dienone is 8. The fourth-order valence-corrected chi connectivity index (χ4v) is 10.9. The minimum absolute atomic E-state index is 0.0466. The number of rotatable bonds is 5. The van der Waals surface area contributed by atoms with E-state index in [9.17, 15) is 0 Å². The lowest BCUT2D eigenvalue weighted by Crippen LogP contribution is -2.22.